The van der Waals surface area contributed by atoms with Gasteiger partial charge < -0.3 is 19.5 Å². The smallest absolute Gasteiger partial charge is 0.447 e. The zero-order valence-electron chi connectivity index (χ0n) is 15.5. The van der Waals surface area contributed by atoms with Gasteiger partial charge in [0.05, 0.1) is 0 Å². The molecule has 3 unspecified atom stereocenters. The monoisotopic (exact) mass is 349 g/mol. The summed E-state index contributed by atoms with van der Waals surface area (Å²) in [5.41, 5.74) is 0.499. The molecule has 1 aliphatic rings. The normalized spacial score (nSPS) is 20.4. The van der Waals surface area contributed by atoms with E-state index in [0.717, 1.165) is 18.4 Å². The van der Waals surface area contributed by atoms with Crippen LogP contribution in [0.3, 0.4) is 0 Å². The summed E-state index contributed by atoms with van der Waals surface area (Å²) in [6.07, 6.45) is 0.495. The molecule has 6 heteroatoms. The Labute approximate surface area is 148 Å². The summed E-state index contributed by atoms with van der Waals surface area (Å²) in [7, 11) is 0. The van der Waals surface area contributed by atoms with Crippen LogP contribution in [0.4, 0.5) is 9.59 Å². The van der Waals surface area contributed by atoms with Crippen LogP contribution >= 0.6 is 0 Å². The van der Waals surface area contributed by atoms with Crippen molar-refractivity contribution in [2.75, 3.05) is 0 Å². The SMILES string of the molecule is CCC(C)OC(=O)NC1CC1c1ccc(OC(=O)OC(C)(C)C)cc1. The van der Waals surface area contributed by atoms with Crippen LogP contribution in [-0.4, -0.2) is 30.0 Å². The summed E-state index contributed by atoms with van der Waals surface area (Å²) >= 11 is 0. The molecule has 2 rings (SSSR count). The van der Waals surface area contributed by atoms with Crippen molar-refractivity contribution in [1.82, 2.24) is 5.32 Å². The third kappa shape index (κ3) is 6.29. The third-order valence-corrected chi connectivity index (χ3v) is 3.88. The second-order valence-corrected chi connectivity index (χ2v) is 7.35. The summed E-state index contributed by atoms with van der Waals surface area (Å²) in [6, 6.07) is 7.34. The third-order valence-electron chi connectivity index (χ3n) is 3.88. The second kappa shape index (κ2) is 7.76. The number of benzene rings is 1. The fraction of sp³-hybridized carbons (Fsp3) is 0.579. The van der Waals surface area contributed by atoms with Gasteiger partial charge in [0.2, 0.25) is 0 Å². The van der Waals surface area contributed by atoms with Crippen molar-refractivity contribution < 1.29 is 23.8 Å². The molecule has 0 radical (unpaired) electrons. The van der Waals surface area contributed by atoms with Crippen LogP contribution in [0.2, 0.25) is 0 Å². The quantitative estimate of drug-likeness (QED) is 0.631. The largest absolute Gasteiger partial charge is 0.514 e. The van der Waals surface area contributed by atoms with Gasteiger partial charge >= 0.3 is 12.2 Å². The fourth-order valence-corrected chi connectivity index (χ4v) is 2.32. The van der Waals surface area contributed by atoms with Gasteiger partial charge in [0, 0.05) is 12.0 Å². The maximum atomic E-state index is 11.7. The van der Waals surface area contributed by atoms with Gasteiger partial charge in [-0.1, -0.05) is 19.1 Å². The maximum absolute atomic E-state index is 11.7. The van der Waals surface area contributed by atoms with Crippen molar-refractivity contribution in [2.24, 2.45) is 0 Å². The highest BCUT2D eigenvalue weighted by Crippen LogP contribution is 2.41. The minimum absolute atomic E-state index is 0.0820. The van der Waals surface area contributed by atoms with Gasteiger partial charge in [-0.15, -0.1) is 0 Å². The Morgan fingerprint density at radius 2 is 1.88 bits per heavy atom. The lowest BCUT2D eigenvalue weighted by atomic mass is 10.1. The minimum atomic E-state index is -0.723. The van der Waals surface area contributed by atoms with Gasteiger partial charge in [-0.2, -0.15) is 0 Å². The fourth-order valence-electron chi connectivity index (χ4n) is 2.32. The number of rotatable bonds is 5. The van der Waals surface area contributed by atoms with E-state index in [0.29, 0.717) is 5.75 Å². The van der Waals surface area contributed by atoms with Crippen LogP contribution in [0.15, 0.2) is 24.3 Å². The van der Waals surface area contributed by atoms with E-state index in [1.54, 1.807) is 32.9 Å². The first kappa shape index (κ1) is 19.1. The highest BCUT2D eigenvalue weighted by atomic mass is 16.7. The predicted octanol–water partition coefficient (Wildman–Crippen LogP) is 4.38. The first-order valence-corrected chi connectivity index (χ1v) is 8.66. The molecule has 0 spiro atoms. The van der Waals surface area contributed by atoms with E-state index in [-0.39, 0.29) is 24.2 Å². The first-order valence-electron chi connectivity index (χ1n) is 8.66. The topological polar surface area (TPSA) is 73.9 Å². The number of nitrogens with one attached hydrogen (secondary N) is 1. The van der Waals surface area contributed by atoms with E-state index in [2.05, 4.69) is 5.32 Å². The van der Waals surface area contributed by atoms with E-state index < -0.39 is 11.8 Å². The maximum Gasteiger partial charge on any atom is 0.514 e. The summed E-state index contributed by atoms with van der Waals surface area (Å²) < 4.78 is 15.5. The zero-order valence-corrected chi connectivity index (χ0v) is 15.5. The molecule has 0 aliphatic heterocycles. The van der Waals surface area contributed by atoms with Crippen molar-refractivity contribution >= 4 is 12.2 Å². The molecule has 0 bridgehead atoms. The molecule has 0 saturated heterocycles. The highest BCUT2D eigenvalue weighted by molar-refractivity contribution is 5.68. The molecular formula is C19H27NO5. The molecule has 3 atom stereocenters. The lowest BCUT2D eigenvalue weighted by Gasteiger charge is -2.18. The average Bonchev–Trinajstić information content (AvgIpc) is 3.24. The molecule has 138 valence electrons. The van der Waals surface area contributed by atoms with Crippen LogP contribution in [0, 0.1) is 0 Å². The first-order chi connectivity index (χ1) is 11.7. The minimum Gasteiger partial charge on any atom is -0.447 e. The summed E-state index contributed by atoms with van der Waals surface area (Å²) in [6.45, 7) is 9.18. The summed E-state index contributed by atoms with van der Waals surface area (Å²) in [5, 5.41) is 2.87. The number of amides is 1. The van der Waals surface area contributed by atoms with Crippen LogP contribution in [0.25, 0.3) is 0 Å². The number of alkyl carbamates (subject to hydrolysis) is 1. The number of carbonyl (C=O) groups is 2. The molecule has 1 amide bonds. The van der Waals surface area contributed by atoms with E-state index in [9.17, 15) is 9.59 Å². The van der Waals surface area contributed by atoms with E-state index in [1.165, 1.54) is 0 Å². The number of ether oxygens (including phenoxy) is 3. The average molecular weight is 349 g/mol. The zero-order chi connectivity index (χ0) is 18.6. The summed E-state index contributed by atoms with van der Waals surface area (Å²) in [5.74, 6) is 0.694. The molecule has 25 heavy (non-hydrogen) atoms. The Balaban J connectivity index is 1.81. The van der Waals surface area contributed by atoms with Gasteiger partial charge in [0.15, 0.2) is 0 Å². The Hall–Kier alpha value is -2.24. The van der Waals surface area contributed by atoms with E-state index in [1.807, 2.05) is 26.0 Å². The molecule has 1 aliphatic carbocycles. The molecule has 0 aromatic heterocycles. The molecule has 1 saturated carbocycles. The van der Waals surface area contributed by atoms with Crippen molar-refractivity contribution in [3.05, 3.63) is 29.8 Å². The van der Waals surface area contributed by atoms with Crippen molar-refractivity contribution in [3.63, 3.8) is 0 Å². The van der Waals surface area contributed by atoms with Crippen molar-refractivity contribution in [2.45, 2.75) is 71.1 Å². The highest BCUT2D eigenvalue weighted by Gasteiger charge is 2.40. The molecular weight excluding hydrogens is 322 g/mol. The number of carbonyl (C=O) groups excluding carboxylic acids is 2. The van der Waals surface area contributed by atoms with E-state index >= 15 is 0 Å². The summed E-state index contributed by atoms with van der Waals surface area (Å²) in [4.78, 5) is 23.4. The Morgan fingerprint density at radius 1 is 1.24 bits per heavy atom. The van der Waals surface area contributed by atoms with Crippen LogP contribution in [0.1, 0.15) is 58.9 Å². The van der Waals surface area contributed by atoms with Gasteiger partial charge in [-0.05, 0) is 58.2 Å². The van der Waals surface area contributed by atoms with Gasteiger partial charge in [0.25, 0.3) is 0 Å². The lowest BCUT2D eigenvalue weighted by molar-refractivity contribution is 0.0206. The molecule has 0 heterocycles. The molecule has 6 nitrogen and oxygen atoms in total. The standard InChI is InChI=1S/C19H27NO5/c1-6-12(2)23-17(21)20-16-11-15(16)13-7-9-14(10-8-13)24-18(22)25-19(3,4)5/h7-10,12,15-16H,6,11H2,1-5H3,(H,20,21). The molecule has 1 N–H and O–H groups in total. The van der Waals surface area contributed by atoms with Crippen LogP contribution < -0.4 is 10.1 Å². The van der Waals surface area contributed by atoms with Crippen molar-refractivity contribution in [3.8, 4) is 5.75 Å². The van der Waals surface area contributed by atoms with Crippen molar-refractivity contribution in [1.29, 1.82) is 0 Å². The Bertz CT molecular complexity index is 605. The molecule has 1 aromatic rings. The molecule has 1 fully saturated rings. The predicted molar refractivity (Wildman–Crippen MR) is 93.8 cm³/mol. The number of hydrogen-bond donors (Lipinski definition) is 1. The van der Waals surface area contributed by atoms with E-state index in [4.69, 9.17) is 14.2 Å². The Kier molecular flexibility index (Phi) is 5.93. The molecule has 1 aromatic carbocycles. The van der Waals surface area contributed by atoms with Gasteiger partial charge in [-0.25, -0.2) is 9.59 Å². The Morgan fingerprint density at radius 3 is 2.44 bits per heavy atom. The number of hydrogen-bond acceptors (Lipinski definition) is 5. The lowest BCUT2D eigenvalue weighted by Crippen LogP contribution is -2.30. The van der Waals surface area contributed by atoms with Gasteiger partial charge in [0.1, 0.15) is 17.5 Å². The van der Waals surface area contributed by atoms with Crippen LogP contribution in [-0.2, 0) is 9.47 Å². The second-order valence-electron chi connectivity index (χ2n) is 7.35. The van der Waals surface area contributed by atoms with Crippen LogP contribution in [0.5, 0.6) is 5.75 Å². The van der Waals surface area contributed by atoms with Gasteiger partial charge in [-0.3, -0.25) is 0 Å².